The van der Waals surface area contributed by atoms with Gasteiger partial charge in [-0.1, -0.05) is 19.1 Å². The molecular formula is C16H21N3O2. The van der Waals surface area contributed by atoms with E-state index in [0.717, 1.165) is 12.0 Å². The Morgan fingerprint density at radius 3 is 2.81 bits per heavy atom. The molecule has 1 aromatic rings. The maximum Gasteiger partial charge on any atom is 0.317 e. The predicted molar refractivity (Wildman–Crippen MR) is 79.6 cm³/mol. The maximum atomic E-state index is 12.2. The molecule has 5 nitrogen and oxygen atoms in total. The van der Waals surface area contributed by atoms with Gasteiger partial charge in [-0.15, -0.1) is 0 Å². The second-order valence-corrected chi connectivity index (χ2v) is 5.54. The van der Waals surface area contributed by atoms with Crippen LogP contribution in [0, 0.1) is 11.3 Å². The van der Waals surface area contributed by atoms with Gasteiger partial charge < -0.3 is 15.0 Å². The fraction of sp³-hybridized carbons (Fsp3) is 0.500. The molecule has 2 amide bonds. The Morgan fingerprint density at radius 1 is 1.48 bits per heavy atom. The maximum absolute atomic E-state index is 12.2. The first kappa shape index (κ1) is 15.3. The Morgan fingerprint density at radius 2 is 2.19 bits per heavy atom. The minimum atomic E-state index is -0.246. The molecule has 1 heterocycles. The van der Waals surface area contributed by atoms with E-state index in [1.807, 2.05) is 19.1 Å². The normalized spacial score (nSPS) is 21.7. The summed E-state index contributed by atoms with van der Waals surface area (Å²) in [6.45, 7) is 6.38. The van der Waals surface area contributed by atoms with Gasteiger partial charge in [-0.25, -0.2) is 4.79 Å². The molecule has 2 rings (SSSR count). The van der Waals surface area contributed by atoms with Crippen LogP contribution in [-0.4, -0.2) is 36.2 Å². The third kappa shape index (κ3) is 3.96. The standard InChI is InChI=1S/C16H21N3O2/c1-3-16(2)12-19(8-9-21-16)15(20)18-11-14-6-4-13(10-17)5-7-14/h4-7H,3,8-9,11-12H2,1-2H3,(H,18,20)/t16-/m1/s1. The number of urea groups is 1. The molecule has 0 spiro atoms. The van der Waals surface area contributed by atoms with Crippen molar-refractivity contribution >= 4 is 6.03 Å². The van der Waals surface area contributed by atoms with Gasteiger partial charge in [0, 0.05) is 13.1 Å². The van der Waals surface area contributed by atoms with Gasteiger partial charge in [0.15, 0.2) is 0 Å². The van der Waals surface area contributed by atoms with Crippen LogP contribution in [0.15, 0.2) is 24.3 Å². The molecule has 5 heteroatoms. The molecule has 1 aliphatic rings. The van der Waals surface area contributed by atoms with Crippen LogP contribution in [0.2, 0.25) is 0 Å². The second kappa shape index (κ2) is 6.59. The molecule has 0 unspecified atom stereocenters. The Hall–Kier alpha value is -2.06. The van der Waals surface area contributed by atoms with E-state index in [4.69, 9.17) is 10.00 Å². The third-order valence-electron chi connectivity index (χ3n) is 3.90. The van der Waals surface area contributed by atoms with Crippen LogP contribution in [0.1, 0.15) is 31.4 Å². The number of nitrogens with zero attached hydrogens (tertiary/aromatic N) is 2. The fourth-order valence-electron chi connectivity index (χ4n) is 2.30. The van der Waals surface area contributed by atoms with Crippen LogP contribution < -0.4 is 5.32 Å². The lowest BCUT2D eigenvalue weighted by Crippen LogP contribution is -2.54. The number of nitrogens with one attached hydrogen (secondary N) is 1. The molecule has 1 aliphatic heterocycles. The van der Waals surface area contributed by atoms with Crippen LogP contribution in [-0.2, 0) is 11.3 Å². The van der Waals surface area contributed by atoms with E-state index in [-0.39, 0.29) is 11.6 Å². The number of hydrogen-bond donors (Lipinski definition) is 1. The van der Waals surface area contributed by atoms with Gasteiger partial charge in [0.05, 0.1) is 30.4 Å². The predicted octanol–water partition coefficient (Wildman–Crippen LogP) is 2.27. The number of hydrogen-bond acceptors (Lipinski definition) is 3. The summed E-state index contributed by atoms with van der Waals surface area (Å²) in [6, 6.07) is 9.23. The number of morpholine rings is 1. The van der Waals surface area contributed by atoms with Crippen LogP contribution in [0.3, 0.4) is 0 Å². The first-order chi connectivity index (χ1) is 10.1. The van der Waals surface area contributed by atoms with E-state index in [9.17, 15) is 4.79 Å². The van der Waals surface area contributed by atoms with Gasteiger partial charge in [-0.05, 0) is 31.0 Å². The summed E-state index contributed by atoms with van der Waals surface area (Å²) in [5.74, 6) is 0. The molecule has 1 atom stereocenters. The van der Waals surface area contributed by atoms with E-state index in [1.54, 1.807) is 17.0 Å². The zero-order chi connectivity index (χ0) is 15.3. The SMILES string of the molecule is CC[C@]1(C)CN(C(=O)NCc2ccc(C#N)cc2)CCO1. The second-order valence-electron chi connectivity index (χ2n) is 5.54. The molecule has 21 heavy (non-hydrogen) atoms. The summed E-state index contributed by atoms with van der Waals surface area (Å²) in [5, 5.41) is 11.7. The zero-order valence-corrected chi connectivity index (χ0v) is 12.6. The Kier molecular flexibility index (Phi) is 4.81. The van der Waals surface area contributed by atoms with Crippen molar-refractivity contribution in [2.24, 2.45) is 0 Å². The van der Waals surface area contributed by atoms with Crippen molar-refractivity contribution in [2.75, 3.05) is 19.7 Å². The molecule has 1 aromatic carbocycles. The molecule has 0 radical (unpaired) electrons. The Balaban J connectivity index is 1.88. The van der Waals surface area contributed by atoms with Crippen molar-refractivity contribution in [1.82, 2.24) is 10.2 Å². The van der Waals surface area contributed by atoms with E-state index in [0.29, 0.717) is 31.8 Å². The molecule has 1 fully saturated rings. The molecule has 112 valence electrons. The highest BCUT2D eigenvalue weighted by atomic mass is 16.5. The van der Waals surface area contributed by atoms with Gasteiger partial charge in [0.2, 0.25) is 0 Å². The van der Waals surface area contributed by atoms with Crippen LogP contribution >= 0.6 is 0 Å². The highest BCUT2D eigenvalue weighted by molar-refractivity contribution is 5.74. The lowest BCUT2D eigenvalue weighted by Gasteiger charge is -2.39. The van der Waals surface area contributed by atoms with Crippen LogP contribution in [0.5, 0.6) is 0 Å². The first-order valence-corrected chi connectivity index (χ1v) is 7.22. The van der Waals surface area contributed by atoms with Crippen molar-refractivity contribution in [2.45, 2.75) is 32.4 Å². The smallest absolute Gasteiger partial charge is 0.317 e. The number of carbonyl (C=O) groups excluding carboxylic acids is 1. The molecule has 0 aromatic heterocycles. The van der Waals surface area contributed by atoms with Crippen molar-refractivity contribution in [1.29, 1.82) is 5.26 Å². The number of carbonyl (C=O) groups is 1. The monoisotopic (exact) mass is 287 g/mol. The number of amides is 2. The molecular weight excluding hydrogens is 266 g/mol. The number of ether oxygens (including phenoxy) is 1. The summed E-state index contributed by atoms with van der Waals surface area (Å²) < 4.78 is 5.73. The lowest BCUT2D eigenvalue weighted by molar-refractivity contribution is -0.0872. The fourth-order valence-corrected chi connectivity index (χ4v) is 2.30. The largest absolute Gasteiger partial charge is 0.372 e. The minimum Gasteiger partial charge on any atom is -0.372 e. The third-order valence-corrected chi connectivity index (χ3v) is 3.90. The molecule has 1 N–H and O–H groups in total. The molecule has 1 saturated heterocycles. The topological polar surface area (TPSA) is 65.4 Å². The van der Waals surface area contributed by atoms with E-state index in [2.05, 4.69) is 18.3 Å². The van der Waals surface area contributed by atoms with E-state index >= 15 is 0 Å². The summed E-state index contributed by atoms with van der Waals surface area (Å²) >= 11 is 0. The Labute approximate surface area is 125 Å². The molecule has 0 saturated carbocycles. The van der Waals surface area contributed by atoms with Gasteiger partial charge in [0.25, 0.3) is 0 Å². The summed E-state index contributed by atoms with van der Waals surface area (Å²) in [7, 11) is 0. The summed E-state index contributed by atoms with van der Waals surface area (Å²) in [6.07, 6.45) is 0.881. The zero-order valence-electron chi connectivity index (χ0n) is 12.6. The van der Waals surface area contributed by atoms with Crippen molar-refractivity contribution in [3.05, 3.63) is 35.4 Å². The molecule has 0 bridgehead atoms. The average Bonchev–Trinajstić information content (AvgIpc) is 2.53. The summed E-state index contributed by atoms with van der Waals surface area (Å²) in [4.78, 5) is 14.0. The van der Waals surface area contributed by atoms with Gasteiger partial charge in [-0.3, -0.25) is 0 Å². The average molecular weight is 287 g/mol. The highest BCUT2D eigenvalue weighted by Gasteiger charge is 2.32. The van der Waals surface area contributed by atoms with E-state index < -0.39 is 0 Å². The minimum absolute atomic E-state index is 0.0673. The van der Waals surface area contributed by atoms with Gasteiger partial charge >= 0.3 is 6.03 Å². The lowest BCUT2D eigenvalue weighted by atomic mass is 10.0. The molecule has 0 aliphatic carbocycles. The van der Waals surface area contributed by atoms with Gasteiger partial charge in [0.1, 0.15) is 0 Å². The quantitative estimate of drug-likeness (QED) is 0.927. The number of rotatable bonds is 3. The summed E-state index contributed by atoms with van der Waals surface area (Å²) in [5.41, 5.74) is 1.36. The number of nitriles is 1. The van der Waals surface area contributed by atoms with Crippen LogP contribution in [0.25, 0.3) is 0 Å². The van der Waals surface area contributed by atoms with Crippen molar-refractivity contribution in [3.8, 4) is 6.07 Å². The van der Waals surface area contributed by atoms with Crippen molar-refractivity contribution in [3.63, 3.8) is 0 Å². The van der Waals surface area contributed by atoms with Crippen molar-refractivity contribution < 1.29 is 9.53 Å². The van der Waals surface area contributed by atoms with Gasteiger partial charge in [-0.2, -0.15) is 5.26 Å². The highest BCUT2D eigenvalue weighted by Crippen LogP contribution is 2.20. The Bertz CT molecular complexity index is 535. The first-order valence-electron chi connectivity index (χ1n) is 7.22. The number of benzene rings is 1. The van der Waals surface area contributed by atoms with Crippen LogP contribution in [0.4, 0.5) is 4.79 Å². The van der Waals surface area contributed by atoms with E-state index in [1.165, 1.54) is 0 Å².